The van der Waals surface area contributed by atoms with Gasteiger partial charge in [0.25, 0.3) is 0 Å². The third-order valence-corrected chi connectivity index (χ3v) is 4.66. The van der Waals surface area contributed by atoms with Crippen molar-refractivity contribution in [1.29, 1.82) is 0 Å². The number of pyridine rings is 1. The van der Waals surface area contributed by atoms with Gasteiger partial charge in [0.2, 0.25) is 5.91 Å². The maximum Gasteiger partial charge on any atom is 0.221 e. The zero-order valence-electron chi connectivity index (χ0n) is 14.6. The van der Waals surface area contributed by atoms with Crippen LogP contribution in [0.5, 0.6) is 0 Å². The number of nitrogens with one attached hydrogen (secondary N) is 2. The monoisotopic (exact) mass is 347 g/mol. The quantitative estimate of drug-likeness (QED) is 0.761. The van der Waals surface area contributed by atoms with Crippen molar-refractivity contribution in [2.45, 2.75) is 25.9 Å². The summed E-state index contributed by atoms with van der Waals surface area (Å²) in [6, 6.07) is 14.1. The van der Waals surface area contributed by atoms with E-state index in [0.29, 0.717) is 0 Å². The normalized spacial score (nSPS) is 16.9. The molecule has 26 heavy (non-hydrogen) atoms. The van der Waals surface area contributed by atoms with Gasteiger partial charge in [-0.25, -0.2) is 4.98 Å². The number of fused-ring (bicyclic) bond motifs is 1. The molecule has 1 aliphatic heterocycles. The minimum Gasteiger partial charge on any atom is -0.348 e. The van der Waals surface area contributed by atoms with E-state index in [1.165, 1.54) is 12.6 Å². The first-order valence-corrected chi connectivity index (χ1v) is 8.74. The lowest BCUT2D eigenvalue weighted by Crippen LogP contribution is -2.36. The molecule has 1 aliphatic rings. The smallest absolute Gasteiger partial charge is 0.221 e. The van der Waals surface area contributed by atoms with Crippen LogP contribution in [0.2, 0.25) is 0 Å². The zero-order valence-corrected chi connectivity index (χ0v) is 14.6. The molecule has 6 heteroatoms. The molecule has 0 spiro atoms. The Balaban J connectivity index is 1.66. The largest absolute Gasteiger partial charge is 0.348 e. The Labute approximate surface area is 152 Å². The molecule has 4 rings (SSSR count). The molecule has 1 aromatic carbocycles. The predicted octanol–water partition coefficient (Wildman–Crippen LogP) is 2.91. The number of aromatic amines is 1. The molecule has 0 radical (unpaired) electrons. The Kier molecular flexibility index (Phi) is 4.50. The number of carbonyl (C=O) groups excluding carboxylic acids is 1. The molecule has 2 aromatic heterocycles. The minimum atomic E-state index is -0.0678. The van der Waals surface area contributed by atoms with Gasteiger partial charge in [-0.3, -0.25) is 14.7 Å². The molecule has 3 heterocycles. The average Bonchev–Trinajstić information content (AvgIpc) is 3.12. The maximum atomic E-state index is 11.2. The summed E-state index contributed by atoms with van der Waals surface area (Å²) in [6.07, 6.45) is 4.55. The molecule has 0 aliphatic carbocycles. The number of benzene rings is 1. The molecule has 1 amide bonds. The highest BCUT2D eigenvalue weighted by molar-refractivity contribution is 5.88. The fourth-order valence-corrected chi connectivity index (χ4v) is 3.52. The van der Waals surface area contributed by atoms with E-state index < -0.39 is 0 Å². The number of rotatable bonds is 4. The molecule has 3 aromatic rings. The number of hydrogen-bond donors (Lipinski definition) is 2. The van der Waals surface area contributed by atoms with Crippen molar-refractivity contribution in [3.63, 3.8) is 0 Å². The van der Waals surface area contributed by atoms with Crippen molar-refractivity contribution >= 4 is 11.6 Å². The van der Waals surface area contributed by atoms with Crippen LogP contribution in [0, 0.1) is 0 Å². The number of nitrogens with zero attached hydrogens (tertiary/aromatic N) is 3. The first kappa shape index (κ1) is 16.5. The number of hydrogen-bond acceptors (Lipinski definition) is 4. The van der Waals surface area contributed by atoms with Gasteiger partial charge in [0.1, 0.15) is 0 Å². The van der Waals surface area contributed by atoms with E-state index in [2.05, 4.69) is 43.4 Å². The molecule has 0 saturated carbocycles. The second-order valence-corrected chi connectivity index (χ2v) is 6.51. The second kappa shape index (κ2) is 7.09. The van der Waals surface area contributed by atoms with Gasteiger partial charge in [-0.15, -0.1) is 0 Å². The summed E-state index contributed by atoms with van der Waals surface area (Å²) in [5.74, 6) is -0.0678. The van der Waals surface area contributed by atoms with Gasteiger partial charge >= 0.3 is 0 Å². The number of H-pyrrole nitrogens is 1. The van der Waals surface area contributed by atoms with Crippen LogP contribution in [-0.2, 0) is 17.8 Å². The third-order valence-electron chi connectivity index (χ3n) is 4.66. The van der Waals surface area contributed by atoms with Gasteiger partial charge in [0.15, 0.2) is 0 Å². The summed E-state index contributed by atoms with van der Waals surface area (Å²) in [5, 5.41) is 2.82. The van der Waals surface area contributed by atoms with Crippen LogP contribution in [0.25, 0.3) is 0 Å². The maximum absolute atomic E-state index is 11.2. The molecule has 2 N–H and O–H groups in total. The van der Waals surface area contributed by atoms with E-state index in [1.807, 2.05) is 30.5 Å². The molecule has 0 saturated heterocycles. The number of anilines is 1. The van der Waals surface area contributed by atoms with Crippen LogP contribution in [0.4, 0.5) is 5.69 Å². The highest BCUT2D eigenvalue weighted by Crippen LogP contribution is 2.34. The second-order valence-electron chi connectivity index (χ2n) is 6.51. The first-order chi connectivity index (χ1) is 12.7. The van der Waals surface area contributed by atoms with Crippen molar-refractivity contribution in [1.82, 2.24) is 19.9 Å². The Morgan fingerprint density at radius 3 is 2.81 bits per heavy atom. The molecule has 0 fully saturated rings. The summed E-state index contributed by atoms with van der Waals surface area (Å²) in [7, 11) is 0. The van der Waals surface area contributed by atoms with Gasteiger partial charge in [0, 0.05) is 44.0 Å². The minimum absolute atomic E-state index is 0.0678. The van der Waals surface area contributed by atoms with Crippen molar-refractivity contribution in [2.75, 3.05) is 11.9 Å². The van der Waals surface area contributed by atoms with Crippen LogP contribution >= 0.6 is 0 Å². The number of imidazole rings is 1. The van der Waals surface area contributed by atoms with E-state index in [0.717, 1.165) is 42.1 Å². The molecule has 132 valence electrons. The van der Waals surface area contributed by atoms with Crippen LogP contribution < -0.4 is 5.32 Å². The summed E-state index contributed by atoms with van der Waals surface area (Å²) in [5.41, 5.74) is 5.27. The molecule has 0 bridgehead atoms. The summed E-state index contributed by atoms with van der Waals surface area (Å²) >= 11 is 0. The van der Waals surface area contributed by atoms with Crippen molar-refractivity contribution in [3.8, 4) is 0 Å². The summed E-state index contributed by atoms with van der Waals surface area (Å²) < 4.78 is 0. The lowest BCUT2D eigenvalue weighted by atomic mass is 9.95. The standard InChI is InChI=1S/C20H21N5O/c1-14(26)24-16-7-5-15(6-8-16)20-19-18(22-13-23-19)9-11-25(20)12-17-4-2-3-10-21-17/h2-8,10,13,20H,9,11-12H2,1H3,(H,22,23)(H,24,26)/t20-/m1/s1. The van der Waals surface area contributed by atoms with Crippen LogP contribution in [0.1, 0.15) is 35.6 Å². The van der Waals surface area contributed by atoms with Crippen LogP contribution in [0.15, 0.2) is 55.0 Å². The van der Waals surface area contributed by atoms with E-state index in [-0.39, 0.29) is 11.9 Å². The van der Waals surface area contributed by atoms with Crippen LogP contribution in [-0.4, -0.2) is 32.3 Å². The zero-order chi connectivity index (χ0) is 17.9. The van der Waals surface area contributed by atoms with E-state index >= 15 is 0 Å². The van der Waals surface area contributed by atoms with Crippen molar-refractivity contribution in [2.24, 2.45) is 0 Å². The Morgan fingerprint density at radius 1 is 1.23 bits per heavy atom. The number of aromatic nitrogens is 3. The highest BCUT2D eigenvalue weighted by Gasteiger charge is 2.31. The van der Waals surface area contributed by atoms with Gasteiger partial charge < -0.3 is 10.3 Å². The Hall–Kier alpha value is -2.99. The Morgan fingerprint density at radius 2 is 2.08 bits per heavy atom. The molecule has 6 nitrogen and oxygen atoms in total. The Bertz CT molecular complexity index is 888. The SMILES string of the molecule is CC(=O)Nc1ccc([C@@H]2c3nc[nH]c3CCN2Cc2ccccn2)cc1. The lowest BCUT2D eigenvalue weighted by Gasteiger charge is -2.35. The topological polar surface area (TPSA) is 73.9 Å². The lowest BCUT2D eigenvalue weighted by molar-refractivity contribution is -0.114. The molecular formula is C20H21N5O. The van der Waals surface area contributed by atoms with Gasteiger partial charge in [-0.2, -0.15) is 0 Å². The third kappa shape index (κ3) is 3.36. The van der Waals surface area contributed by atoms with E-state index in [9.17, 15) is 4.79 Å². The predicted molar refractivity (Wildman–Crippen MR) is 99.5 cm³/mol. The summed E-state index contributed by atoms with van der Waals surface area (Å²) in [6.45, 7) is 3.22. The van der Waals surface area contributed by atoms with Crippen molar-refractivity contribution in [3.05, 3.63) is 77.6 Å². The summed E-state index contributed by atoms with van der Waals surface area (Å²) in [4.78, 5) is 26.0. The van der Waals surface area contributed by atoms with Gasteiger partial charge in [-0.05, 0) is 29.8 Å². The first-order valence-electron chi connectivity index (χ1n) is 8.74. The fourth-order valence-electron chi connectivity index (χ4n) is 3.52. The van der Waals surface area contributed by atoms with Crippen LogP contribution in [0.3, 0.4) is 0 Å². The fraction of sp³-hybridized carbons (Fsp3) is 0.250. The average molecular weight is 347 g/mol. The van der Waals surface area contributed by atoms with Gasteiger partial charge in [0.05, 0.1) is 23.8 Å². The van der Waals surface area contributed by atoms with Crippen molar-refractivity contribution < 1.29 is 4.79 Å². The number of carbonyl (C=O) groups is 1. The van der Waals surface area contributed by atoms with E-state index in [4.69, 9.17) is 0 Å². The van der Waals surface area contributed by atoms with E-state index in [1.54, 1.807) is 6.33 Å². The highest BCUT2D eigenvalue weighted by atomic mass is 16.1. The molecule has 1 atom stereocenters. The number of amides is 1. The molecule has 0 unspecified atom stereocenters. The van der Waals surface area contributed by atoms with Gasteiger partial charge in [-0.1, -0.05) is 18.2 Å². The molecular weight excluding hydrogens is 326 g/mol.